The standard InChI is InChI=1S/C15H15Cl2NO/c1-9-5-3-4-6-12(9)10(2)18-11-7-13(16)15(19)14(17)8-11/h3-8,10,18-19H,1-2H3. The zero-order valence-electron chi connectivity index (χ0n) is 10.7. The molecule has 100 valence electrons. The molecule has 2 aromatic rings. The number of anilines is 1. The van der Waals surface area contributed by atoms with Gasteiger partial charge < -0.3 is 10.4 Å². The van der Waals surface area contributed by atoms with Crippen LogP contribution >= 0.6 is 23.2 Å². The third-order valence-corrected chi connectivity index (χ3v) is 3.63. The topological polar surface area (TPSA) is 32.3 Å². The van der Waals surface area contributed by atoms with Crippen LogP contribution in [0.1, 0.15) is 24.1 Å². The van der Waals surface area contributed by atoms with Gasteiger partial charge in [0.25, 0.3) is 0 Å². The molecule has 0 saturated heterocycles. The summed E-state index contributed by atoms with van der Waals surface area (Å²) in [4.78, 5) is 0. The smallest absolute Gasteiger partial charge is 0.152 e. The molecular formula is C15H15Cl2NO. The van der Waals surface area contributed by atoms with E-state index in [1.807, 2.05) is 12.1 Å². The van der Waals surface area contributed by atoms with Crippen LogP contribution < -0.4 is 5.32 Å². The third-order valence-electron chi connectivity index (χ3n) is 3.06. The Labute approximate surface area is 123 Å². The van der Waals surface area contributed by atoms with Crippen LogP contribution in [0.15, 0.2) is 36.4 Å². The van der Waals surface area contributed by atoms with Gasteiger partial charge in [-0.25, -0.2) is 0 Å². The van der Waals surface area contributed by atoms with Gasteiger partial charge in [-0.05, 0) is 37.1 Å². The maximum absolute atomic E-state index is 9.53. The van der Waals surface area contributed by atoms with Crippen LogP contribution in [-0.2, 0) is 0 Å². The van der Waals surface area contributed by atoms with E-state index < -0.39 is 0 Å². The maximum Gasteiger partial charge on any atom is 0.152 e. The summed E-state index contributed by atoms with van der Waals surface area (Å²) in [5.74, 6) is -0.0857. The van der Waals surface area contributed by atoms with Gasteiger partial charge in [-0.3, -0.25) is 0 Å². The monoisotopic (exact) mass is 295 g/mol. The van der Waals surface area contributed by atoms with Crippen molar-refractivity contribution in [2.75, 3.05) is 5.32 Å². The predicted octanol–water partition coefficient (Wildman–Crippen LogP) is 5.18. The molecule has 0 aliphatic rings. The molecule has 0 saturated carbocycles. The van der Waals surface area contributed by atoms with E-state index in [4.69, 9.17) is 23.2 Å². The third kappa shape index (κ3) is 3.14. The zero-order chi connectivity index (χ0) is 14.0. The second-order valence-electron chi connectivity index (χ2n) is 4.51. The van der Waals surface area contributed by atoms with E-state index in [0.717, 1.165) is 5.69 Å². The molecule has 4 heteroatoms. The van der Waals surface area contributed by atoms with Gasteiger partial charge in [-0.1, -0.05) is 47.5 Å². The average molecular weight is 296 g/mol. The number of phenols is 1. The molecule has 2 N–H and O–H groups in total. The lowest BCUT2D eigenvalue weighted by molar-refractivity contribution is 0.476. The van der Waals surface area contributed by atoms with E-state index in [-0.39, 0.29) is 21.8 Å². The Morgan fingerprint density at radius 3 is 2.26 bits per heavy atom. The first-order chi connectivity index (χ1) is 8.99. The summed E-state index contributed by atoms with van der Waals surface area (Å²) in [7, 11) is 0. The fourth-order valence-electron chi connectivity index (χ4n) is 2.05. The number of nitrogens with one attached hydrogen (secondary N) is 1. The highest BCUT2D eigenvalue weighted by Crippen LogP contribution is 2.35. The number of hydrogen-bond acceptors (Lipinski definition) is 2. The van der Waals surface area contributed by atoms with E-state index >= 15 is 0 Å². The molecule has 1 unspecified atom stereocenters. The molecule has 1 atom stereocenters. The van der Waals surface area contributed by atoms with Gasteiger partial charge in [0.2, 0.25) is 0 Å². The largest absolute Gasteiger partial charge is 0.505 e. The van der Waals surface area contributed by atoms with Crippen LogP contribution in [0.25, 0.3) is 0 Å². The molecule has 0 bridgehead atoms. The molecule has 0 heterocycles. The van der Waals surface area contributed by atoms with Gasteiger partial charge in [-0.2, -0.15) is 0 Å². The molecule has 0 amide bonds. The molecule has 0 spiro atoms. The van der Waals surface area contributed by atoms with Crippen LogP contribution in [0, 0.1) is 6.92 Å². The highest BCUT2D eigenvalue weighted by molar-refractivity contribution is 6.37. The summed E-state index contributed by atoms with van der Waals surface area (Å²) in [6.45, 7) is 4.14. The Morgan fingerprint density at radius 1 is 1.11 bits per heavy atom. The van der Waals surface area contributed by atoms with Crippen LogP contribution in [0.4, 0.5) is 5.69 Å². The molecule has 0 radical (unpaired) electrons. The quantitative estimate of drug-likeness (QED) is 0.765. The Bertz CT molecular complexity index is 575. The van der Waals surface area contributed by atoms with Gasteiger partial charge in [0, 0.05) is 11.7 Å². The van der Waals surface area contributed by atoms with Crippen molar-refractivity contribution in [2.45, 2.75) is 19.9 Å². The van der Waals surface area contributed by atoms with Crippen molar-refractivity contribution in [1.29, 1.82) is 0 Å². The molecule has 0 aliphatic carbocycles. The van der Waals surface area contributed by atoms with Crippen LogP contribution in [0.3, 0.4) is 0 Å². The van der Waals surface area contributed by atoms with E-state index in [2.05, 4.69) is 31.3 Å². The van der Waals surface area contributed by atoms with Crippen molar-refractivity contribution in [2.24, 2.45) is 0 Å². The Balaban J connectivity index is 2.24. The predicted molar refractivity (Wildman–Crippen MR) is 81.3 cm³/mol. The van der Waals surface area contributed by atoms with Crippen LogP contribution in [0.2, 0.25) is 10.0 Å². The van der Waals surface area contributed by atoms with Crippen molar-refractivity contribution >= 4 is 28.9 Å². The lowest BCUT2D eigenvalue weighted by Crippen LogP contribution is -2.08. The summed E-state index contributed by atoms with van der Waals surface area (Å²) in [6.07, 6.45) is 0. The van der Waals surface area contributed by atoms with Crippen LogP contribution in [-0.4, -0.2) is 5.11 Å². The van der Waals surface area contributed by atoms with Gasteiger partial charge in [-0.15, -0.1) is 0 Å². The molecule has 2 nitrogen and oxygen atoms in total. The molecule has 2 rings (SSSR count). The SMILES string of the molecule is Cc1ccccc1C(C)Nc1cc(Cl)c(O)c(Cl)c1. The fourth-order valence-corrected chi connectivity index (χ4v) is 2.54. The Morgan fingerprint density at radius 2 is 1.68 bits per heavy atom. The highest BCUT2D eigenvalue weighted by Gasteiger charge is 2.11. The summed E-state index contributed by atoms with van der Waals surface area (Å²) >= 11 is 11.8. The number of aromatic hydroxyl groups is 1. The van der Waals surface area contributed by atoms with E-state index in [1.165, 1.54) is 11.1 Å². The number of hydrogen-bond donors (Lipinski definition) is 2. The van der Waals surface area contributed by atoms with Gasteiger partial charge in [0.05, 0.1) is 10.0 Å². The second kappa shape index (κ2) is 5.72. The first kappa shape index (κ1) is 14.0. The van der Waals surface area contributed by atoms with Crippen molar-refractivity contribution < 1.29 is 5.11 Å². The number of aryl methyl sites for hydroxylation is 1. The molecule has 2 aromatic carbocycles. The van der Waals surface area contributed by atoms with Gasteiger partial charge >= 0.3 is 0 Å². The van der Waals surface area contributed by atoms with Crippen molar-refractivity contribution in [1.82, 2.24) is 0 Å². The van der Waals surface area contributed by atoms with Gasteiger partial charge in [0.15, 0.2) is 5.75 Å². The minimum Gasteiger partial charge on any atom is -0.505 e. The fraction of sp³-hybridized carbons (Fsp3) is 0.200. The minimum atomic E-state index is -0.0857. The molecular weight excluding hydrogens is 281 g/mol. The summed E-state index contributed by atoms with van der Waals surface area (Å²) in [5.41, 5.74) is 3.21. The second-order valence-corrected chi connectivity index (χ2v) is 5.33. The normalized spacial score (nSPS) is 12.2. The summed E-state index contributed by atoms with van der Waals surface area (Å²) in [5, 5.41) is 13.3. The van der Waals surface area contributed by atoms with E-state index in [1.54, 1.807) is 12.1 Å². The number of phenolic OH excluding ortho intramolecular Hbond substituents is 1. The Kier molecular flexibility index (Phi) is 4.23. The Hall–Kier alpha value is -1.38. The zero-order valence-corrected chi connectivity index (χ0v) is 12.3. The van der Waals surface area contributed by atoms with Crippen LogP contribution in [0.5, 0.6) is 5.75 Å². The van der Waals surface area contributed by atoms with Gasteiger partial charge in [0.1, 0.15) is 0 Å². The number of halogens is 2. The first-order valence-electron chi connectivity index (χ1n) is 5.99. The highest BCUT2D eigenvalue weighted by atomic mass is 35.5. The minimum absolute atomic E-state index is 0.0857. The number of benzene rings is 2. The van der Waals surface area contributed by atoms with Crippen molar-refractivity contribution in [3.8, 4) is 5.75 Å². The van der Waals surface area contributed by atoms with E-state index in [0.29, 0.717) is 0 Å². The number of rotatable bonds is 3. The lowest BCUT2D eigenvalue weighted by Gasteiger charge is -2.18. The first-order valence-corrected chi connectivity index (χ1v) is 6.74. The molecule has 0 fully saturated rings. The maximum atomic E-state index is 9.53. The summed E-state index contributed by atoms with van der Waals surface area (Å²) < 4.78 is 0. The van der Waals surface area contributed by atoms with Crippen molar-refractivity contribution in [3.05, 3.63) is 57.6 Å². The lowest BCUT2D eigenvalue weighted by atomic mass is 10.0. The molecule has 0 aliphatic heterocycles. The average Bonchev–Trinajstić information content (AvgIpc) is 2.36. The molecule has 0 aromatic heterocycles. The summed E-state index contributed by atoms with van der Waals surface area (Å²) in [6, 6.07) is 11.6. The molecule has 19 heavy (non-hydrogen) atoms. The van der Waals surface area contributed by atoms with Crippen molar-refractivity contribution in [3.63, 3.8) is 0 Å². The van der Waals surface area contributed by atoms with E-state index in [9.17, 15) is 5.11 Å².